The zero-order valence-electron chi connectivity index (χ0n) is 13.1. The lowest BCUT2D eigenvalue weighted by atomic mass is 10.1. The standard InChI is InChI=1S/C15H14ClN5O3S/c1-9(22)7-21-8-11(6-19-21)25(23,24)20-13-3-2-12(16)14-10(4-17)5-18-15(13)14/h2-3,5-6,8-9,18,20,22H,7H2,1H3. The fraction of sp³-hybridized carbons (Fsp3) is 0.200. The van der Waals surface area contributed by atoms with Crippen LogP contribution < -0.4 is 4.72 Å². The molecule has 0 bridgehead atoms. The Labute approximate surface area is 148 Å². The van der Waals surface area contributed by atoms with E-state index >= 15 is 0 Å². The second kappa shape index (κ2) is 6.40. The van der Waals surface area contributed by atoms with E-state index in [2.05, 4.69) is 14.8 Å². The van der Waals surface area contributed by atoms with Crippen LogP contribution in [0.4, 0.5) is 5.69 Å². The van der Waals surface area contributed by atoms with Gasteiger partial charge in [0.25, 0.3) is 10.0 Å². The molecular weight excluding hydrogens is 366 g/mol. The Balaban J connectivity index is 1.98. The third-order valence-corrected chi connectivity index (χ3v) is 5.16. The van der Waals surface area contributed by atoms with Gasteiger partial charge < -0.3 is 10.1 Å². The molecule has 0 aliphatic rings. The Hall–Kier alpha value is -2.54. The van der Waals surface area contributed by atoms with E-state index in [0.29, 0.717) is 21.5 Å². The molecule has 1 aromatic carbocycles. The van der Waals surface area contributed by atoms with Crippen molar-refractivity contribution in [2.45, 2.75) is 24.5 Å². The molecule has 3 N–H and O–H groups in total. The van der Waals surface area contributed by atoms with E-state index < -0.39 is 16.1 Å². The van der Waals surface area contributed by atoms with Gasteiger partial charge in [0.15, 0.2) is 0 Å². The average Bonchev–Trinajstić information content (AvgIpc) is 3.17. The van der Waals surface area contributed by atoms with Gasteiger partial charge in [-0.15, -0.1) is 0 Å². The number of nitrogens with one attached hydrogen (secondary N) is 2. The van der Waals surface area contributed by atoms with E-state index in [-0.39, 0.29) is 17.1 Å². The van der Waals surface area contributed by atoms with Crippen LogP contribution in [-0.2, 0) is 16.6 Å². The van der Waals surface area contributed by atoms with Crippen LogP contribution >= 0.6 is 11.6 Å². The molecule has 0 fully saturated rings. The minimum atomic E-state index is -3.89. The van der Waals surface area contributed by atoms with Crippen LogP contribution in [0.25, 0.3) is 10.9 Å². The third kappa shape index (κ3) is 3.32. The molecule has 0 radical (unpaired) electrons. The Morgan fingerprint density at radius 1 is 1.52 bits per heavy atom. The quantitative estimate of drug-likeness (QED) is 0.626. The van der Waals surface area contributed by atoms with Gasteiger partial charge in [0.05, 0.1) is 40.6 Å². The van der Waals surface area contributed by atoms with Gasteiger partial charge in [-0.3, -0.25) is 9.40 Å². The minimum absolute atomic E-state index is 0.0386. The number of hydrogen-bond acceptors (Lipinski definition) is 5. The maximum absolute atomic E-state index is 12.6. The van der Waals surface area contributed by atoms with E-state index in [0.717, 1.165) is 0 Å². The summed E-state index contributed by atoms with van der Waals surface area (Å²) in [4.78, 5) is 2.83. The number of aliphatic hydroxyl groups is 1. The minimum Gasteiger partial charge on any atom is -0.391 e. The second-order valence-corrected chi connectivity index (χ2v) is 7.60. The number of nitrogens with zero attached hydrogens (tertiary/aromatic N) is 3. The van der Waals surface area contributed by atoms with Gasteiger partial charge >= 0.3 is 0 Å². The summed E-state index contributed by atoms with van der Waals surface area (Å²) in [7, 11) is -3.89. The number of aromatic nitrogens is 3. The highest BCUT2D eigenvalue weighted by molar-refractivity contribution is 7.92. The van der Waals surface area contributed by atoms with E-state index in [1.807, 2.05) is 6.07 Å². The van der Waals surface area contributed by atoms with Crippen molar-refractivity contribution < 1.29 is 13.5 Å². The molecule has 3 aromatic rings. The zero-order valence-corrected chi connectivity index (χ0v) is 14.6. The number of anilines is 1. The molecule has 0 saturated carbocycles. The highest BCUT2D eigenvalue weighted by Gasteiger charge is 2.20. The van der Waals surface area contributed by atoms with Crippen molar-refractivity contribution in [1.29, 1.82) is 5.26 Å². The smallest absolute Gasteiger partial charge is 0.265 e. The lowest BCUT2D eigenvalue weighted by Gasteiger charge is -2.08. The first kappa shape index (κ1) is 17.3. The summed E-state index contributed by atoms with van der Waals surface area (Å²) < 4.78 is 28.9. The average molecular weight is 380 g/mol. The fourth-order valence-electron chi connectivity index (χ4n) is 2.44. The van der Waals surface area contributed by atoms with Gasteiger partial charge in [0.1, 0.15) is 11.0 Å². The van der Waals surface area contributed by atoms with Gasteiger partial charge in [0.2, 0.25) is 0 Å². The van der Waals surface area contributed by atoms with Crippen molar-refractivity contribution in [2.75, 3.05) is 4.72 Å². The maximum Gasteiger partial charge on any atom is 0.265 e. The molecule has 130 valence electrons. The number of fused-ring (bicyclic) bond motifs is 1. The summed E-state index contributed by atoms with van der Waals surface area (Å²) in [6, 6.07) is 5.04. The Morgan fingerprint density at radius 3 is 2.96 bits per heavy atom. The highest BCUT2D eigenvalue weighted by atomic mass is 35.5. The van der Waals surface area contributed by atoms with Gasteiger partial charge in [-0.05, 0) is 19.1 Å². The first-order valence-corrected chi connectivity index (χ1v) is 9.11. The number of sulfonamides is 1. The predicted molar refractivity (Wildman–Crippen MR) is 92.7 cm³/mol. The second-order valence-electron chi connectivity index (χ2n) is 5.51. The van der Waals surface area contributed by atoms with Crippen LogP contribution in [0, 0.1) is 11.3 Å². The SMILES string of the molecule is CC(O)Cn1cc(S(=O)(=O)Nc2ccc(Cl)c3c(C#N)c[nH]c23)cn1. The number of halogens is 1. The van der Waals surface area contributed by atoms with Crippen LogP contribution in [0.5, 0.6) is 0 Å². The maximum atomic E-state index is 12.6. The molecule has 2 aromatic heterocycles. The number of hydrogen-bond donors (Lipinski definition) is 3. The van der Waals surface area contributed by atoms with E-state index in [4.69, 9.17) is 16.9 Å². The lowest BCUT2D eigenvalue weighted by molar-refractivity contribution is 0.168. The summed E-state index contributed by atoms with van der Waals surface area (Å²) in [5, 5.41) is 23.2. The van der Waals surface area contributed by atoms with Crippen molar-refractivity contribution in [1.82, 2.24) is 14.8 Å². The number of H-pyrrole nitrogens is 1. The molecule has 0 amide bonds. The van der Waals surface area contributed by atoms with Crippen molar-refractivity contribution in [2.24, 2.45) is 0 Å². The zero-order chi connectivity index (χ0) is 18.2. The van der Waals surface area contributed by atoms with Crippen LogP contribution in [0.15, 0.2) is 35.6 Å². The Morgan fingerprint density at radius 2 is 2.28 bits per heavy atom. The molecular formula is C15H14ClN5O3S. The molecule has 0 saturated heterocycles. The number of aromatic amines is 1. The van der Waals surface area contributed by atoms with E-state index in [9.17, 15) is 13.5 Å². The topological polar surface area (TPSA) is 124 Å². The first-order chi connectivity index (χ1) is 11.8. The van der Waals surface area contributed by atoms with Gasteiger partial charge in [-0.1, -0.05) is 11.6 Å². The molecule has 1 unspecified atom stereocenters. The van der Waals surface area contributed by atoms with Crippen molar-refractivity contribution in [3.05, 3.63) is 41.3 Å². The Kier molecular flexibility index (Phi) is 4.43. The summed E-state index contributed by atoms with van der Waals surface area (Å²) >= 11 is 6.11. The number of benzene rings is 1. The number of nitriles is 1. The monoisotopic (exact) mass is 379 g/mol. The van der Waals surface area contributed by atoms with Gasteiger partial charge in [0, 0.05) is 17.8 Å². The third-order valence-electron chi connectivity index (χ3n) is 3.52. The van der Waals surface area contributed by atoms with Crippen molar-refractivity contribution >= 4 is 38.2 Å². The molecule has 8 nitrogen and oxygen atoms in total. The molecule has 3 rings (SSSR count). The van der Waals surface area contributed by atoms with Crippen LogP contribution in [-0.4, -0.2) is 34.4 Å². The predicted octanol–water partition coefficient (Wildman–Crippen LogP) is 2.07. The summed E-state index contributed by atoms with van der Waals surface area (Å²) in [6.45, 7) is 1.76. The summed E-state index contributed by atoms with van der Waals surface area (Å²) in [6.07, 6.45) is 3.35. The molecule has 1 atom stereocenters. The number of rotatable bonds is 5. The molecule has 0 aliphatic heterocycles. The van der Waals surface area contributed by atoms with Crippen LogP contribution in [0.3, 0.4) is 0 Å². The van der Waals surface area contributed by atoms with E-state index in [1.54, 1.807) is 6.92 Å². The van der Waals surface area contributed by atoms with Crippen LogP contribution in [0.1, 0.15) is 12.5 Å². The molecule has 25 heavy (non-hydrogen) atoms. The van der Waals surface area contributed by atoms with Crippen molar-refractivity contribution in [3.63, 3.8) is 0 Å². The van der Waals surface area contributed by atoms with Crippen molar-refractivity contribution in [3.8, 4) is 6.07 Å². The lowest BCUT2D eigenvalue weighted by Crippen LogP contribution is -2.14. The fourth-order valence-corrected chi connectivity index (χ4v) is 3.72. The highest BCUT2D eigenvalue weighted by Crippen LogP contribution is 2.32. The Bertz CT molecular complexity index is 1080. The largest absolute Gasteiger partial charge is 0.391 e. The van der Waals surface area contributed by atoms with Gasteiger partial charge in [-0.25, -0.2) is 8.42 Å². The summed E-state index contributed by atoms with van der Waals surface area (Å²) in [5.74, 6) is 0. The van der Waals surface area contributed by atoms with Crippen LogP contribution in [0.2, 0.25) is 5.02 Å². The first-order valence-electron chi connectivity index (χ1n) is 7.25. The molecule has 0 aliphatic carbocycles. The number of aliphatic hydroxyl groups excluding tert-OH is 1. The van der Waals surface area contributed by atoms with Gasteiger partial charge in [-0.2, -0.15) is 10.4 Å². The summed E-state index contributed by atoms with van der Waals surface area (Å²) in [5.41, 5.74) is 1.01. The molecule has 10 heteroatoms. The van der Waals surface area contributed by atoms with E-state index in [1.165, 1.54) is 35.4 Å². The normalized spacial score (nSPS) is 12.9. The molecule has 2 heterocycles. The molecule has 0 spiro atoms.